The normalized spacial score (nSPS) is 23.8. The van der Waals surface area contributed by atoms with E-state index >= 15 is 0 Å². The molecule has 0 N–H and O–H groups in total. The van der Waals surface area contributed by atoms with Crippen LogP contribution < -0.4 is 0 Å². The van der Waals surface area contributed by atoms with Crippen LogP contribution in [-0.2, 0) is 17.8 Å². The lowest BCUT2D eigenvalue weighted by atomic mass is 10.1. The average Bonchev–Trinajstić information content (AvgIpc) is 2.85. The summed E-state index contributed by atoms with van der Waals surface area (Å²) in [6.45, 7) is 7.79. The Morgan fingerprint density at radius 3 is 2.90 bits per heavy atom. The number of ether oxygens (including phenoxy) is 1. The van der Waals surface area contributed by atoms with Crippen LogP contribution in [0.25, 0.3) is 10.9 Å². The third-order valence-corrected chi connectivity index (χ3v) is 4.33. The van der Waals surface area contributed by atoms with E-state index in [2.05, 4.69) is 47.7 Å². The fraction of sp³-hybridized carbons (Fsp3) is 0.562. The first-order chi connectivity index (χ1) is 10.2. The van der Waals surface area contributed by atoms with E-state index in [-0.39, 0.29) is 12.2 Å². The Hall–Kier alpha value is -1.10. The number of morpholine rings is 1. The molecule has 3 rings (SSSR count). The molecule has 114 valence electrons. The van der Waals surface area contributed by atoms with Crippen molar-refractivity contribution in [1.29, 1.82) is 0 Å². The van der Waals surface area contributed by atoms with E-state index in [1.54, 1.807) is 0 Å². The molecule has 0 spiro atoms. The highest BCUT2D eigenvalue weighted by Crippen LogP contribution is 2.22. The second-order valence-corrected chi connectivity index (χ2v) is 6.01. The number of hydrogen-bond acceptors (Lipinski definition) is 3. The van der Waals surface area contributed by atoms with Gasteiger partial charge in [-0.2, -0.15) is 5.10 Å². The van der Waals surface area contributed by atoms with Crippen LogP contribution in [0.1, 0.15) is 19.5 Å². The number of nitrogens with zero attached hydrogens (tertiary/aromatic N) is 3. The maximum Gasteiger partial charge on any atom is 0.0843 e. The number of halogens is 1. The fourth-order valence-electron chi connectivity index (χ4n) is 3.12. The van der Waals surface area contributed by atoms with Crippen molar-refractivity contribution in [3.8, 4) is 0 Å². The van der Waals surface area contributed by atoms with Gasteiger partial charge in [-0.3, -0.25) is 9.58 Å². The number of hydrogen-bond donors (Lipinski definition) is 0. The second-order valence-electron chi connectivity index (χ2n) is 5.70. The smallest absolute Gasteiger partial charge is 0.0843 e. The molecule has 1 aliphatic rings. The third kappa shape index (κ3) is 3.07. The summed E-state index contributed by atoms with van der Waals surface area (Å²) in [5.74, 6) is 0.547. The van der Waals surface area contributed by atoms with E-state index in [0.29, 0.717) is 5.88 Å². The van der Waals surface area contributed by atoms with E-state index in [1.165, 1.54) is 10.9 Å². The number of benzene rings is 1. The van der Waals surface area contributed by atoms with Gasteiger partial charge in [0.25, 0.3) is 0 Å². The predicted octanol–water partition coefficient (Wildman–Crippen LogP) is 2.88. The van der Waals surface area contributed by atoms with Gasteiger partial charge in [0.15, 0.2) is 0 Å². The molecule has 0 amide bonds. The van der Waals surface area contributed by atoms with Crippen molar-refractivity contribution in [2.75, 3.05) is 19.0 Å². The third-order valence-electron chi connectivity index (χ3n) is 3.98. The maximum atomic E-state index is 5.96. The van der Waals surface area contributed by atoms with Crippen LogP contribution in [0.2, 0.25) is 0 Å². The molecule has 21 heavy (non-hydrogen) atoms. The zero-order valence-corrected chi connectivity index (χ0v) is 13.4. The molecule has 0 aliphatic carbocycles. The first kappa shape index (κ1) is 14.8. The molecule has 2 atom stereocenters. The van der Waals surface area contributed by atoms with Gasteiger partial charge in [0.1, 0.15) is 0 Å². The molecule has 1 aromatic carbocycles. The van der Waals surface area contributed by atoms with Gasteiger partial charge in [-0.15, -0.1) is 11.6 Å². The molecule has 0 saturated carbocycles. The number of aromatic nitrogens is 2. The Labute approximate surface area is 130 Å². The van der Waals surface area contributed by atoms with E-state index in [9.17, 15) is 0 Å². The van der Waals surface area contributed by atoms with E-state index in [1.807, 2.05) is 0 Å². The minimum Gasteiger partial charge on any atom is -0.371 e. The monoisotopic (exact) mass is 307 g/mol. The number of para-hydroxylation sites is 1. The number of fused-ring (bicyclic) bond motifs is 1. The van der Waals surface area contributed by atoms with Crippen molar-refractivity contribution in [3.05, 3.63) is 30.0 Å². The fourth-order valence-corrected chi connectivity index (χ4v) is 3.29. The van der Waals surface area contributed by atoms with Crippen LogP contribution >= 0.6 is 11.6 Å². The van der Waals surface area contributed by atoms with Crippen LogP contribution in [-0.4, -0.2) is 45.9 Å². The summed E-state index contributed by atoms with van der Waals surface area (Å²) in [6, 6.07) is 8.45. The SMILES string of the molecule is CCn1nc(CN2CC(C)OC(CCl)C2)c2ccccc21. The lowest BCUT2D eigenvalue weighted by molar-refractivity contribution is -0.0691. The van der Waals surface area contributed by atoms with Crippen molar-refractivity contribution >= 4 is 22.5 Å². The van der Waals surface area contributed by atoms with Crippen molar-refractivity contribution in [2.24, 2.45) is 0 Å². The van der Waals surface area contributed by atoms with Gasteiger partial charge in [-0.05, 0) is 19.9 Å². The Kier molecular flexibility index (Phi) is 4.48. The molecule has 1 fully saturated rings. The molecule has 2 unspecified atom stereocenters. The van der Waals surface area contributed by atoms with Gasteiger partial charge in [-0.1, -0.05) is 18.2 Å². The van der Waals surface area contributed by atoms with Crippen molar-refractivity contribution in [1.82, 2.24) is 14.7 Å². The van der Waals surface area contributed by atoms with Gasteiger partial charge < -0.3 is 4.74 Å². The maximum absolute atomic E-state index is 5.96. The molecule has 1 saturated heterocycles. The Balaban J connectivity index is 1.84. The number of rotatable bonds is 4. The molecular formula is C16H22ClN3O. The lowest BCUT2D eigenvalue weighted by Crippen LogP contribution is -2.46. The lowest BCUT2D eigenvalue weighted by Gasteiger charge is -2.35. The molecule has 2 heterocycles. The van der Waals surface area contributed by atoms with Crippen molar-refractivity contribution in [3.63, 3.8) is 0 Å². The Bertz CT molecular complexity index is 613. The molecule has 4 nitrogen and oxygen atoms in total. The van der Waals surface area contributed by atoms with Gasteiger partial charge in [0.2, 0.25) is 0 Å². The van der Waals surface area contributed by atoms with E-state index < -0.39 is 0 Å². The summed E-state index contributed by atoms with van der Waals surface area (Å²) in [5, 5.41) is 6.03. The summed E-state index contributed by atoms with van der Waals surface area (Å²) in [4.78, 5) is 2.40. The van der Waals surface area contributed by atoms with Crippen molar-refractivity contribution < 1.29 is 4.74 Å². The van der Waals surface area contributed by atoms with Gasteiger partial charge in [0.05, 0.1) is 23.4 Å². The summed E-state index contributed by atoms with van der Waals surface area (Å²) in [7, 11) is 0. The Morgan fingerprint density at radius 2 is 2.14 bits per heavy atom. The van der Waals surface area contributed by atoms with Gasteiger partial charge >= 0.3 is 0 Å². The molecule has 1 aliphatic heterocycles. The zero-order valence-electron chi connectivity index (χ0n) is 12.6. The van der Waals surface area contributed by atoms with Gasteiger partial charge in [-0.25, -0.2) is 0 Å². The van der Waals surface area contributed by atoms with E-state index in [4.69, 9.17) is 21.4 Å². The summed E-state index contributed by atoms with van der Waals surface area (Å²) in [5.41, 5.74) is 2.36. The van der Waals surface area contributed by atoms with Crippen molar-refractivity contribution in [2.45, 2.75) is 39.1 Å². The number of aryl methyl sites for hydroxylation is 1. The van der Waals surface area contributed by atoms with Crippen LogP contribution in [0, 0.1) is 0 Å². The largest absolute Gasteiger partial charge is 0.371 e. The van der Waals surface area contributed by atoms with Gasteiger partial charge in [0, 0.05) is 37.4 Å². The average molecular weight is 308 g/mol. The molecule has 0 radical (unpaired) electrons. The Morgan fingerprint density at radius 1 is 1.33 bits per heavy atom. The highest BCUT2D eigenvalue weighted by molar-refractivity contribution is 6.18. The second kappa shape index (κ2) is 6.34. The summed E-state index contributed by atoms with van der Waals surface area (Å²) < 4.78 is 7.89. The highest BCUT2D eigenvalue weighted by Gasteiger charge is 2.25. The summed E-state index contributed by atoms with van der Waals surface area (Å²) >= 11 is 5.96. The highest BCUT2D eigenvalue weighted by atomic mass is 35.5. The topological polar surface area (TPSA) is 30.3 Å². The predicted molar refractivity (Wildman–Crippen MR) is 85.7 cm³/mol. The first-order valence-corrected chi connectivity index (χ1v) is 8.13. The number of alkyl halides is 1. The van der Waals surface area contributed by atoms with Crippen LogP contribution in [0.3, 0.4) is 0 Å². The van der Waals surface area contributed by atoms with E-state index in [0.717, 1.165) is 31.9 Å². The van der Waals surface area contributed by atoms with Crippen LogP contribution in [0.5, 0.6) is 0 Å². The van der Waals surface area contributed by atoms with Crippen LogP contribution in [0.4, 0.5) is 0 Å². The molecule has 0 bridgehead atoms. The summed E-state index contributed by atoms with van der Waals surface area (Å²) in [6.07, 6.45) is 0.344. The molecule has 1 aromatic heterocycles. The zero-order chi connectivity index (χ0) is 14.8. The minimum atomic E-state index is 0.120. The quantitative estimate of drug-likeness (QED) is 0.814. The van der Waals surface area contributed by atoms with Crippen LogP contribution in [0.15, 0.2) is 24.3 Å². The first-order valence-electron chi connectivity index (χ1n) is 7.59. The molecule has 2 aromatic rings. The minimum absolute atomic E-state index is 0.120. The molecule has 5 heteroatoms. The molecular weight excluding hydrogens is 286 g/mol. The standard InChI is InChI=1S/C16H22ClN3O/c1-3-20-16-7-5-4-6-14(16)15(18-20)11-19-9-12(2)21-13(8-17)10-19/h4-7,12-13H,3,8-11H2,1-2H3.